The van der Waals surface area contributed by atoms with Gasteiger partial charge in [0, 0.05) is 17.7 Å². The van der Waals surface area contributed by atoms with Crippen LogP contribution < -0.4 is 5.73 Å². The molecule has 0 aliphatic carbocycles. The molecule has 1 aromatic carbocycles. The largest absolute Gasteiger partial charge is 0.348 e. The molecule has 0 amide bonds. The molecule has 0 unspecified atom stereocenters. The van der Waals surface area contributed by atoms with Gasteiger partial charge in [-0.25, -0.2) is 4.98 Å². The van der Waals surface area contributed by atoms with E-state index in [0.29, 0.717) is 16.6 Å². The van der Waals surface area contributed by atoms with E-state index in [2.05, 4.69) is 9.97 Å². The maximum absolute atomic E-state index is 5.97. The first-order chi connectivity index (χ1) is 7.72. The predicted molar refractivity (Wildman–Crippen MR) is 66.8 cm³/mol. The van der Waals surface area contributed by atoms with E-state index in [1.54, 1.807) is 18.5 Å². The van der Waals surface area contributed by atoms with Gasteiger partial charge in [-0.1, -0.05) is 29.3 Å². The summed E-state index contributed by atoms with van der Waals surface area (Å²) in [5.74, 6) is 0. The fourth-order valence-electron chi connectivity index (χ4n) is 1.55. The molecule has 2 rings (SSSR count). The Morgan fingerprint density at radius 3 is 2.75 bits per heavy atom. The lowest BCUT2D eigenvalue weighted by molar-refractivity contribution is 0.937. The molecule has 3 N–H and O–H groups in total. The highest BCUT2D eigenvalue weighted by molar-refractivity contribution is 6.42. The van der Waals surface area contributed by atoms with Gasteiger partial charge < -0.3 is 10.7 Å². The van der Waals surface area contributed by atoms with E-state index in [0.717, 1.165) is 23.4 Å². The number of halogens is 2. The number of nitrogens with two attached hydrogens (primary N) is 1. The van der Waals surface area contributed by atoms with Crippen molar-refractivity contribution >= 4 is 23.2 Å². The van der Waals surface area contributed by atoms with Crippen molar-refractivity contribution in [1.82, 2.24) is 9.97 Å². The molecule has 0 radical (unpaired) electrons. The highest BCUT2D eigenvalue weighted by atomic mass is 35.5. The summed E-state index contributed by atoms with van der Waals surface area (Å²) in [4.78, 5) is 7.34. The van der Waals surface area contributed by atoms with Crippen molar-refractivity contribution in [2.75, 3.05) is 6.54 Å². The van der Waals surface area contributed by atoms with E-state index in [1.807, 2.05) is 6.07 Å². The van der Waals surface area contributed by atoms with E-state index in [4.69, 9.17) is 28.9 Å². The minimum Gasteiger partial charge on any atom is -0.348 e. The Bertz CT molecular complexity index is 494. The van der Waals surface area contributed by atoms with Gasteiger partial charge in [-0.3, -0.25) is 0 Å². The van der Waals surface area contributed by atoms with Crippen molar-refractivity contribution in [3.63, 3.8) is 0 Å². The Hall–Kier alpha value is -1.03. The average Bonchev–Trinajstić information content (AvgIpc) is 2.71. The topological polar surface area (TPSA) is 54.7 Å². The van der Waals surface area contributed by atoms with Gasteiger partial charge in [0.2, 0.25) is 0 Å². The molecule has 0 atom stereocenters. The molecular weight excluding hydrogens is 245 g/mol. The molecule has 0 spiro atoms. The second-order valence-corrected chi connectivity index (χ2v) is 4.21. The van der Waals surface area contributed by atoms with Crippen LogP contribution in [0.2, 0.25) is 10.0 Å². The summed E-state index contributed by atoms with van der Waals surface area (Å²) in [6, 6.07) is 5.46. The average molecular weight is 256 g/mol. The number of H-pyrrole nitrogens is 1. The van der Waals surface area contributed by atoms with Crippen LogP contribution in [0.4, 0.5) is 0 Å². The molecule has 0 aliphatic rings. The van der Waals surface area contributed by atoms with E-state index in [9.17, 15) is 0 Å². The molecule has 1 heterocycles. The van der Waals surface area contributed by atoms with Gasteiger partial charge in [0.25, 0.3) is 0 Å². The van der Waals surface area contributed by atoms with Gasteiger partial charge in [-0.05, 0) is 18.7 Å². The van der Waals surface area contributed by atoms with Crippen LogP contribution in [-0.4, -0.2) is 16.5 Å². The molecule has 0 fully saturated rings. The number of aromatic amines is 1. The van der Waals surface area contributed by atoms with Crippen molar-refractivity contribution in [2.45, 2.75) is 6.42 Å². The fraction of sp³-hybridized carbons (Fsp3) is 0.182. The molecule has 16 heavy (non-hydrogen) atoms. The van der Waals surface area contributed by atoms with Crippen LogP contribution in [0.25, 0.3) is 11.3 Å². The number of benzene rings is 1. The summed E-state index contributed by atoms with van der Waals surface area (Å²) in [5, 5.41) is 1.07. The third-order valence-electron chi connectivity index (χ3n) is 2.31. The highest BCUT2D eigenvalue weighted by Gasteiger charge is 2.09. The minimum absolute atomic E-state index is 0.529. The van der Waals surface area contributed by atoms with Crippen molar-refractivity contribution in [2.24, 2.45) is 5.73 Å². The van der Waals surface area contributed by atoms with Crippen LogP contribution in [0, 0.1) is 0 Å². The summed E-state index contributed by atoms with van der Waals surface area (Å²) in [5.41, 5.74) is 8.36. The van der Waals surface area contributed by atoms with Crippen LogP contribution in [0.5, 0.6) is 0 Å². The summed E-state index contributed by atoms with van der Waals surface area (Å²) >= 11 is 11.8. The second-order valence-electron chi connectivity index (χ2n) is 3.40. The summed E-state index contributed by atoms with van der Waals surface area (Å²) in [7, 11) is 0. The molecule has 0 bridgehead atoms. The van der Waals surface area contributed by atoms with E-state index in [-0.39, 0.29) is 0 Å². The third kappa shape index (κ3) is 2.21. The van der Waals surface area contributed by atoms with Crippen molar-refractivity contribution in [3.05, 3.63) is 40.3 Å². The number of imidazole rings is 1. The number of hydrogen-bond acceptors (Lipinski definition) is 2. The van der Waals surface area contributed by atoms with Gasteiger partial charge in [-0.2, -0.15) is 0 Å². The second kappa shape index (κ2) is 4.87. The van der Waals surface area contributed by atoms with Crippen LogP contribution in [0.15, 0.2) is 24.5 Å². The summed E-state index contributed by atoms with van der Waals surface area (Å²) < 4.78 is 0. The minimum atomic E-state index is 0.529. The molecule has 0 saturated carbocycles. The molecule has 84 valence electrons. The van der Waals surface area contributed by atoms with E-state index in [1.165, 1.54) is 0 Å². The van der Waals surface area contributed by atoms with E-state index < -0.39 is 0 Å². The van der Waals surface area contributed by atoms with Gasteiger partial charge in [0.15, 0.2) is 0 Å². The summed E-state index contributed by atoms with van der Waals surface area (Å²) in [6.45, 7) is 0.580. The normalized spacial score (nSPS) is 10.7. The van der Waals surface area contributed by atoms with Crippen molar-refractivity contribution < 1.29 is 0 Å². The SMILES string of the molecule is NCCc1[nH]cnc1-c1ccc(Cl)c(Cl)c1. The lowest BCUT2D eigenvalue weighted by atomic mass is 10.1. The first kappa shape index (κ1) is 11.5. The first-order valence-corrected chi connectivity index (χ1v) is 5.65. The van der Waals surface area contributed by atoms with Crippen LogP contribution >= 0.6 is 23.2 Å². The summed E-state index contributed by atoms with van der Waals surface area (Å²) in [6.07, 6.45) is 2.42. The molecular formula is C11H11Cl2N3. The molecule has 0 aliphatic heterocycles. The number of hydrogen-bond donors (Lipinski definition) is 2. The number of nitrogens with zero attached hydrogens (tertiary/aromatic N) is 1. The maximum Gasteiger partial charge on any atom is 0.0929 e. The Kier molecular flexibility index (Phi) is 3.49. The molecule has 3 nitrogen and oxygen atoms in total. The lowest BCUT2D eigenvalue weighted by Gasteiger charge is -2.03. The smallest absolute Gasteiger partial charge is 0.0929 e. The van der Waals surface area contributed by atoms with Gasteiger partial charge in [0.1, 0.15) is 0 Å². The molecule has 0 saturated heterocycles. The standard InChI is InChI=1S/C11H11Cl2N3/c12-8-2-1-7(5-9(8)13)11-10(3-4-14)15-6-16-11/h1-2,5-6H,3-4,14H2,(H,15,16). The van der Waals surface area contributed by atoms with Crippen LogP contribution in [0.3, 0.4) is 0 Å². The Balaban J connectivity index is 2.42. The zero-order valence-corrected chi connectivity index (χ0v) is 10.0. The number of aromatic nitrogens is 2. The highest BCUT2D eigenvalue weighted by Crippen LogP contribution is 2.28. The van der Waals surface area contributed by atoms with E-state index >= 15 is 0 Å². The monoisotopic (exact) mass is 255 g/mol. The van der Waals surface area contributed by atoms with Gasteiger partial charge >= 0.3 is 0 Å². The number of rotatable bonds is 3. The maximum atomic E-state index is 5.97. The van der Waals surface area contributed by atoms with Crippen molar-refractivity contribution in [3.8, 4) is 11.3 Å². The number of nitrogens with one attached hydrogen (secondary N) is 1. The fourth-order valence-corrected chi connectivity index (χ4v) is 1.85. The Morgan fingerprint density at radius 2 is 2.06 bits per heavy atom. The zero-order valence-electron chi connectivity index (χ0n) is 8.50. The van der Waals surface area contributed by atoms with Gasteiger partial charge in [-0.15, -0.1) is 0 Å². The quantitative estimate of drug-likeness (QED) is 0.887. The first-order valence-electron chi connectivity index (χ1n) is 4.90. The molecule has 1 aromatic heterocycles. The van der Waals surface area contributed by atoms with Gasteiger partial charge in [0.05, 0.1) is 22.1 Å². The zero-order chi connectivity index (χ0) is 11.5. The molecule has 5 heteroatoms. The van der Waals surface area contributed by atoms with Crippen LogP contribution in [-0.2, 0) is 6.42 Å². The third-order valence-corrected chi connectivity index (χ3v) is 3.04. The Labute approximate surface area is 104 Å². The molecule has 2 aromatic rings. The lowest BCUT2D eigenvalue weighted by Crippen LogP contribution is -2.04. The van der Waals surface area contributed by atoms with Crippen LogP contribution in [0.1, 0.15) is 5.69 Å². The predicted octanol–water partition coefficient (Wildman–Crippen LogP) is 2.88. The Morgan fingerprint density at radius 1 is 1.25 bits per heavy atom. The van der Waals surface area contributed by atoms with Crippen molar-refractivity contribution in [1.29, 1.82) is 0 Å².